The highest BCUT2D eigenvalue weighted by atomic mass is 127. The summed E-state index contributed by atoms with van der Waals surface area (Å²) in [6.45, 7) is 0. The number of hydrogen-bond acceptors (Lipinski definition) is 3. The van der Waals surface area contributed by atoms with Crippen molar-refractivity contribution >= 4 is 28.5 Å². The van der Waals surface area contributed by atoms with Crippen molar-refractivity contribution in [1.82, 2.24) is 5.43 Å². The van der Waals surface area contributed by atoms with Crippen molar-refractivity contribution in [2.75, 3.05) is 0 Å². The van der Waals surface area contributed by atoms with Gasteiger partial charge >= 0.3 is 0 Å². The van der Waals surface area contributed by atoms with Gasteiger partial charge in [0.05, 0.1) is 5.56 Å². The summed E-state index contributed by atoms with van der Waals surface area (Å²) < 4.78 is 0.865. The molecule has 1 aromatic rings. The molecule has 0 bridgehead atoms. The molecule has 4 nitrogen and oxygen atoms in total. The summed E-state index contributed by atoms with van der Waals surface area (Å²) in [5.41, 5.74) is 2.13. The van der Waals surface area contributed by atoms with Crippen LogP contribution in [0.25, 0.3) is 0 Å². The standard InChI is InChI=1S/C7H7IN2O2/c8-4-1-2-6(11)5(3-4)7(12)10-9/h1-3,11H,9H2,(H,10,12). The zero-order chi connectivity index (χ0) is 9.14. The Morgan fingerprint density at radius 2 is 2.25 bits per heavy atom. The molecular weight excluding hydrogens is 271 g/mol. The van der Waals surface area contributed by atoms with Crippen molar-refractivity contribution in [3.63, 3.8) is 0 Å². The third-order valence-corrected chi connectivity index (χ3v) is 2.01. The largest absolute Gasteiger partial charge is 0.507 e. The van der Waals surface area contributed by atoms with E-state index in [1.807, 2.05) is 28.0 Å². The van der Waals surface area contributed by atoms with E-state index in [9.17, 15) is 9.90 Å². The topological polar surface area (TPSA) is 75.3 Å². The number of phenolic OH excluding ortho intramolecular Hbond substituents is 1. The van der Waals surface area contributed by atoms with Crippen LogP contribution >= 0.6 is 22.6 Å². The van der Waals surface area contributed by atoms with E-state index in [1.54, 1.807) is 12.1 Å². The quantitative estimate of drug-likeness (QED) is 0.305. The Bertz CT molecular complexity index is 314. The highest BCUT2D eigenvalue weighted by Gasteiger charge is 2.08. The van der Waals surface area contributed by atoms with E-state index in [0.717, 1.165) is 3.57 Å². The van der Waals surface area contributed by atoms with Gasteiger partial charge in [-0.05, 0) is 40.8 Å². The number of carbonyl (C=O) groups excluding carboxylic acids is 1. The van der Waals surface area contributed by atoms with Crippen LogP contribution in [-0.4, -0.2) is 11.0 Å². The SMILES string of the molecule is NNC(=O)c1cc(I)ccc1O. The lowest BCUT2D eigenvalue weighted by Gasteiger charge is -2.02. The lowest BCUT2D eigenvalue weighted by Crippen LogP contribution is -2.30. The van der Waals surface area contributed by atoms with Gasteiger partial charge in [-0.1, -0.05) is 0 Å². The minimum absolute atomic E-state index is 0.0710. The monoisotopic (exact) mass is 278 g/mol. The maximum atomic E-state index is 11.0. The molecule has 0 aliphatic heterocycles. The lowest BCUT2D eigenvalue weighted by molar-refractivity contribution is 0.0951. The number of nitrogens with two attached hydrogens (primary N) is 1. The lowest BCUT2D eigenvalue weighted by atomic mass is 10.2. The summed E-state index contributed by atoms with van der Waals surface area (Å²) in [5.74, 6) is 4.34. The predicted octanol–water partition coefficient (Wildman–Crippen LogP) is 0.600. The third kappa shape index (κ3) is 1.86. The fraction of sp³-hybridized carbons (Fsp3) is 0. The Hall–Kier alpha value is -0.820. The molecule has 0 radical (unpaired) electrons. The van der Waals surface area contributed by atoms with Crippen molar-refractivity contribution in [3.8, 4) is 5.75 Å². The molecule has 1 amide bonds. The highest BCUT2D eigenvalue weighted by molar-refractivity contribution is 14.1. The molecule has 0 atom stereocenters. The summed E-state index contributed by atoms with van der Waals surface area (Å²) in [4.78, 5) is 11.0. The molecular formula is C7H7IN2O2. The van der Waals surface area contributed by atoms with E-state index in [1.165, 1.54) is 6.07 Å². The average Bonchev–Trinajstić information content (AvgIpc) is 2.08. The molecule has 0 aliphatic carbocycles. The zero-order valence-corrected chi connectivity index (χ0v) is 8.20. The number of carbonyl (C=O) groups is 1. The number of hydrazine groups is 1. The van der Waals surface area contributed by atoms with E-state index in [4.69, 9.17) is 5.84 Å². The van der Waals surface area contributed by atoms with E-state index < -0.39 is 5.91 Å². The van der Waals surface area contributed by atoms with Crippen LogP contribution in [0.1, 0.15) is 10.4 Å². The van der Waals surface area contributed by atoms with E-state index in [2.05, 4.69) is 0 Å². The van der Waals surface area contributed by atoms with Gasteiger partial charge in [-0.2, -0.15) is 0 Å². The van der Waals surface area contributed by atoms with Gasteiger partial charge in [0, 0.05) is 3.57 Å². The smallest absolute Gasteiger partial charge is 0.268 e. The molecule has 4 N–H and O–H groups in total. The number of rotatable bonds is 1. The van der Waals surface area contributed by atoms with E-state index in [-0.39, 0.29) is 11.3 Å². The molecule has 1 aromatic carbocycles. The fourth-order valence-corrected chi connectivity index (χ4v) is 1.26. The summed E-state index contributed by atoms with van der Waals surface area (Å²) in [6, 6.07) is 4.70. The number of nitrogens with one attached hydrogen (secondary N) is 1. The van der Waals surface area contributed by atoms with Gasteiger partial charge in [0.2, 0.25) is 0 Å². The molecule has 0 unspecified atom stereocenters. The number of phenols is 1. The summed E-state index contributed by atoms with van der Waals surface area (Å²) in [7, 11) is 0. The van der Waals surface area contributed by atoms with Crippen LogP contribution in [0.5, 0.6) is 5.75 Å². The van der Waals surface area contributed by atoms with Crippen LogP contribution in [0.2, 0.25) is 0 Å². The first kappa shape index (κ1) is 9.27. The molecule has 0 heterocycles. The van der Waals surface area contributed by atoms with Crippen LogP contribution in [0, 0.1) is 3.57 Å². The van der Waals surface area contributed by atoms with Crippen molar-refractivity contribution in [2.45, 2.75) is 0 Å². The molecule has 64 valence electrons. The van der Waals surface area contributed by atoms with Crippen molar-refractivity contribution < 1.29 is 9.90 Å². The van der Waals surface area contributed by atoms with Crippen LogP contribution in [0.4, 0.5) is 0 Å². The van der Waals surface area contributed by atoms with Gasteiger partial charge < -0.3 is 5.11 Å². The summed E-state index contributed by atoms with van der Waals surface area (Å²) >= 11 is 2.04. The minimum atomic E-state index is -0.494. The second-order valence-electron chi connectivity index (χ2n) is 2.13. The van der Waals surface area contributed by atoms with Crippen molar-refractivity contribution in [2.24, 2.45) is 5.84 Å². The summed E-state index contributed by atoms with van der Waals surface area (Å²) in [6.07, 6.45) is 0. The number of aromatic hydroxyl groups is 1. The first-order chi connectivity index (χ1) is 5.65. The first-order valence-electron chi connectivity index (χ1n) is 3.14. The molecule has 0 aliphatic rings. The van der Waals surface area contributed by atoms with E-state index in [0.29, 0.717) is 0 Å². The molecule has 0 aromatic heterocycles. The molecule has 0 saturated heterocycles. The van der Waals surface area contributed by atoms with Gasteiger partial charge in [-0.15, -0.1) is 0 Å². The van der Waals surface area contributed by atoms with Gasteiger partial charge in [-0.3, -0.25) is 10.2 Å². The molecule has 0 saturated carbocycles. The number of nitrogen functional groups attached to an aromatic ring is 1. The predicted molar refractivity (Wildman–Crippen MR) is 52.5 cm³/mol. The third-order valence-electron chi connectivity index (χ3n) is 1.33. The number of benzene rings is 1. The number of hydrogen-bond donors (Lipinski definition) is 3. The Labute approximate surface area is 82.9 Å². The van der Waals surface area contributed by atoms with Gasteiger partial charge in [0.15, 0.2) is 0 Å². The maximum Gasteiger partial charge on any atom is 0.268 e. The highest BCUT2D eigenvalue weighted by Crippen LogP contribution is 2.18. The fourth-order valence-electron chi connectivity index (χ4n) is 0.768. The average molecular weight is 278 g/mol. The molecule has 5 heteroatoms. The van der Waals surface area contributed by atoms with Crippen LogP contribution < -0.4 is 11.3 Å². The Balaban J connectivity index is 3.13. The number of halogens is 1. The molecule has 12 heavy (non-hydrogen) atoms. The van der Waals surface area contributed by atoms with Crippen LogP contribution in [-0.2, 0) is 0 Å². The van der Waals surface area contributed by atoms with Gasteiger partial charge in [0.1, 0.15) is 5.75 Å². The zero-order valence-electron chi connectivity index (χ0n) is 6.04. The Morgan fingerprint density at radius 1 is 1.58 bits per heavy atom. The Morgan fingerprint density at radius 3 is 2.83 bits per heavy atom. The Kier molecular flexibility index (Phi) is 2.88. The van der Waals surface area contributed by atoms with Crippen LogP contribution in [0.15, 0.2) is 18.2 Å². The second-order valence-corrected chi connectivity index (χ2v) is 3.38. The van der Waals surface area contributed by atoms with E-state index >= 15 is 0 Å². The van der Waals surface area contributed by atoms with Crippen LogP contribution in [0.3, 0.4) is 0 Å². The van der Waals surface area contributed by atoms with Gasteiger partial charge in [0.25, 0.3) is 5.91 Å². The normalized spacial score (nSPS) is 9.50. The van der Waals surface area contributed by atoms with Crippen molar-refractivity contribution in [1.29, 1.82) is 0 Å². The summed E-state index contributed by atoms with van der Waals surface area (Å²) in [5, 5.41) is 9.22. The molecule has 1 rings (SSSR count). The van der Waals surface area contributed by atoms with Crippen molar-refractivity contribution in [3.05, 3.63) is 27.3 Å². The maximum absolute atomic E-state index is 11.0. The molecule has 0 spiro atoms. The molecule has 0 fully saturated rings. The van der Waals surface area contributed by atoms with Gasteiger partial charge in [-0.25, -0.2) is 5.84 Å². The minimum Gasteiger partial charge on any atom is -0.507 e. The first-order valence-corrected chi connectivity index (χ1v) is 4.22. The number of amides is 1. The second kappa shape index (κ2) is 3.72.